The quantitative estimate of drug-likeness (QED) is 0.734. The van der Waals surface area contributed by atoms with E-state index in [-0.39, 0.29) is 11.9 Å². The highest BCUT2D eigenvalue weighted by Gasteiger charge is 2.23. The summed E-state index contributed by atoms with van der Waals surface area (Å²) in [7, 11) is 1.84. The number of carbonyl (C=O) groups is 1. The van der Waals surface area contributed by atoms with Crippen molar-refractivity contribution < 1.29 is 4.79 Å². The molecule has 0 aliphatic carbocycles. The molecule has 22 heavy (non-hydrogen) atoms. The van der Waals surface area contributed by atoms with E-state index >= 15 is 0 Å². The predicted molar refractivity (Wildman–Crippen MR) is 89.0 cm³/mol. The Morgan fingerprint density at radius 2 is 2.09 bits per heavy atom. The lowest BCUT2D eigenvalue weighted by Gasteiger charge is -2.27. The molecule has 0 aliphatic rings. The van der Waals surface area contributed by atoms with Crippen LogP contribution in [0.4, 0.5) is 0 Å². The number of nitrogens with zero attached hydrogens (tertiary/aromatic N) is 3. The minimum Gasteiger partial charge on any atom is -0.333 e. The average molecular weight is 311 g/mol. The Bertz CT molecular complexity index is 785. The van der Waals surface area contributed by atoms with Gasteiger partial charge in [0.25, 0.3) is 5.91 Å². The molecular weight excluding hydrogens is 294 g/mol. The Balaban J connectivity index is 1.95. The van der Waals surface area contributed by atoms with Crippen LogP contribution in [-0.4, -0.2) is 27.8 Å². The van der Waals surface area contributed by atoms with Crippen LogP contribution in [0.1, 0.15) is 35.4 Å². The first-order chi connectivity index (χ1) is 10.7. The molecule has 0 aliphatic heterocycles. The highest BCUT2D eigenvalue weighted by molar-refractivity contribution is 7.17. The summed E-state index contributed by atoms with van der Waals surface area (Å²) in [5.74, 6) is 0.00681. The normalized spacial score (nSPS) is 12.3. The van der Waals surface area contributed by atoms with Gasteiger partial charge in [0, 0.05) is 13.2 Å². The molecule has 112 valence electrons. The molecule has 1 unspecified atom stereocenters. The summed E-state index contributed by atoms with van der Waals surface area (Å²) in [5, 5.41) is 0. The summed E-state index contributed by atoms with van der Waals surface area (Å²) in [5.41, 5.74) is 4.27. The minimum atomic E-state index is -0.0307. The molecule has 1 amide bonds. The van der Waals surface area contributed by atoms with E-state index in [0.717, 1.165) is 22.3 Å². The van der Waals surface area contributed by atoms with Gasteiger partial charge < -0.3 is 4.90 Å². The summed E-state index contributed by atoms with van der Waals surface area (Å²) in [6.07, 6.45) is 2.58. The first kappa shape index (κ1) is 14.7. The van der Waals surface area contributed by atoms with Crippen molar-refractivity contribution in [1.29, 1.82) is 0 Å². The fourth-order valence-corrected chi connectivity index (χ4v) is 3.44. The van der Waals surface area contributed by atoms with Crippen LogP contribution in [0.25, 0.3) is 10.2 Å². The Hall–Kier alpha value is -2.27. The van der Waals surface area contributed by atoms with E-state index in [4.69, 9.17) is 0 Å². The first-order valence-electron chi connectivity index (χ1n) is 7.22. The number of thiazole rings is 1. The maximum atomic E-state index is 12.9. The average Bonchev–Trinajstić information content (AvgIpc) is 3.04. The summed E-state index contributed by atoms with van der Waals surface area (Å²) in [6, 6.07) is 11.4. The summed E-state index contributed by atoms with van der Waals surface area (Å²) in [6.45, 7) is 2.07. The predicted octanol–water partition coefficient (Wildman–Crippen LogP) is 3.91. The summed E-state index contributed by atoms with van der Waals surface area (Å²) in [4.78, 5) is 23.4. The number of rotatable bonds is 4. The van der Waals surface area contributed by atoms with Crippen LogP contribution in [0.2, 0.25) is 0 Å². The van der Waals surface area contributed by atoms with Crippen LogP contribution in [0.15, 0.2) is 48.1 Å². The minimum absolute atomic E-state index is 0.00681. The molecule has 0 saturated carbocycles. The monoisotopic (exact) mass is 311 g/mol. The van der Waals surface area contributed by atoms with Gasteiger partial charge in [-0.15, -0.1) is 11.3 Å². The van der Waals surface area contributed by atoms with Crippen molar-refractivity contribution in [1.82, 2.24) is 14.9 Å². The fourth-order valence-electron chi connectivity index (χ4n) is 2.64. The zero-order valence-corrected chi connectivity index (χ0v) is 13.4. The van der Waals surface area contributed by atoms with E-state index in [1.165, 1.54) is 11.3 Å². The van der Waals surface area contributed by atoms with E-state index in [2.05, 4.69) is 16.9 Å². The van der Waals surface area contributed by atoms with Crippen LogP contribution < -0.4 is 0 Å². The van der Waals surface area contributed by atoms with Crippen LogP contribution in [0, 0.1) is 0 Å². The number of carbonyl (C=O) groups excluding carboxylic acids is 1. The van der Waals surface area contributed by atoms with Crippen LogP contribution >= 0.6 is 11.3 Å². The molecule has 0 bridgehead atoms. The molecule has 1 atom stereocenters. The molecule has 1 aromatic carbocycles. The number of hydrogen-bond acceptors (Lipinski definition) is 4. The molecule has 0 spiro atoms. The van der Waals surface area contributed by atoms with Gasteiger partial charge in [-0.3, -0.25) is 9.78 Å². The standard InChI is InChI=1S/C17H17N3OS/c1-3-15(13-8-4-5-10-18-13)20(2)17(21)12-7-6-9-14-16(12)22-11-19-14/h4-11,15H,3H2,1-2H3. The third kappa shape index (κ3) is 2.60. The maximum absolute atomic E-state index is 12.9. The highest BCUT2D eigenvalue weighted by atomic mass is 32.1. The topological polar surface area (TPSA) is 46.1 Å². The van der Waals surface area contributed by atoms with Crippen molar-refractivity contribution in [2.75, 3.05) is 7.05 Å². The van der Waals surface area contributed by atoms with Gasteiger partial charge >= 0.3 is 0 Å². The van der Waals surface area contributed by atoms with Crippen molar-refractivity contribution in [2.24, 2.45) is 0 Å². The molecule has 0 radical (unpaired) electrons. The van der Waals surface area contributed by atoms with Crippen molar-refractivity contribution in [3.63, 3.8) is 0 Å². The van der Waals surface area contributed by atoms with E-state index < -0.39 is 0 Å². The van der Waals surface area contributed by atoms with E-state index in [1.807, 2.05) is 43.4 Å². The van der Waals surface area contributed by atoms with Gasteiger partial charge in [0.15, 0.2) is 0 Å². The van der Waals surface area contributed by atoms with Gasteiger partial charge in [-0.2, -0.15) is 0 Å². The molecule has 3 aromatic rings. The van der Waals surface area contributed by atoms with Gasteiger partial charge in [-0.25, -0.2) is 4.98 Å². The molecule has 5 heteroatoms. The van der Waals surface area contributed by atoms with Gasteiger partial charge in [-0.05, 0) is 30.7 Å². The summed E-state index contributed by atoms with van der Waals surface area (Å²) >= 11 is 1.50. The Labute approximate surface area is 133 Å². The second kappa shape index (κ2) is 6.23. The first-order valence-corrected chi connectivity index (χ1v) is 8.10. The lowest BCUT2D eigenvalue weighted by molar-refractivity contribution is 0.0725. The van der Waals surface area contributed by atoms with Crippen LogP contribution in [-0.2, 0) is 0 Å². The molecular formula is C17H17N3OS. The number of benzene rings is 1. The molecule has 2 heterocycles. The van der Waals surface area contributed by atoms with Crippen molar-refractivity contribution in [2.45, 2.75) is 19.4 Å². The largest absolute Gasteiger partial charge is 0.333 e. The van der Waals surface area contributed by atoms with Gasteiger partial charge in [0.05, 0.1) is 33.0 Å². The number of amides is 1. The number of pyridine rings is 1. The van der Waals surface area contributed by atoms with Gasteiger partial charge in [-0.1, -0.05) is 19.1 Å². The van der Waals surface area contributed by atoms with E-state index in [1.54, 1.807) is 16.6 Å². The third-order valence-electron chi connectivity index (χ3n) is 3.79. The lowest BCUT2D eigenvalue weighted by atomic mass is 10.1. The lowest BCUT2D eigenvalue weighted by Crippen LogP contribution is -2.31. The van der Waals surface area contributed by atoms with Crippen molar-refractivity contribution in [3.8, 4) is 0 Å². The van der Waals surface area contributed by atoms with Crippen LogP contribution in [0.5, 0.6) is 0 Å². The summed E-state index contributed by atoms with van der Waals surface area (Å²) < 4.78 is 0.940. The number of hydrogen-bond donors (Lipinski definition) is 0. The van der Waals surface area contributed by atoms with E-state index in [0.29, 0.717) is 5.56 Å². The molecule has 0 N–H and O–H groups in total. The smallest absolute Gasteiger partial charge is 0.255 e. The molecule has 3 rings (SSSR count). The maximum Gasteiger partial charge on any atom is 0.255 e. The Morgan fingerprint density at radius 1 is 1.23 bits per heavy atom. The Kier molecular flexibility index (Phi) is 4.15. The molecule has 4 nitrogen and oxygen atoms in total. The molecule has 0 saturated heterocycles. The zero-order valence-electron chi connectivity index (χ0n) is 12.6. The molecule has 0 fully saturated rings. The second-order valence-corrected chi connectivity index (χ2v) is 5.96. The SMILES string of the molecule is CCC(c1ccccn1)N(C)C(=O)c1cccc2ncsc12. The van der Waals surface area contributed by atoms with Gasteiger partial charge in [0.2, 0.25) is 0 Å². The number of aromatic nitrogens is 2. The molecule has 2 aromatic heterocycles. The van der Waals surface area contributed by atoms with Crippen LogP contribution in [0.3, 0.4) is 0 Å². The van der Waals surface area contributed by atoms with Crippen molar-refractivity contribution in [3.05, 3.63) is 59.4 Å². The second-order valence-electron chi connectivity index (χ2n) is 5.10. The Morgan fingerprint density at radius 3 is 2.82 bits per heavy atom. The van der Waals surface area contributed by atoms with E-state index in [9.17, 15) is 4.79 Å². The fraction of sp³-hybridized carbons (Fsp3) is 0.235. The highest BCUT2D eigenvalue weighted by Crippen LogP contribution is 2.27. The van der Waals surface area contributed by atoms with Gasteiger partial charge in [0.1, 0.15) is 0 Å². The number of fused-ring (bicyclic) bond motifs is 1. The third-order valence-corrected chi connectivity index (χ3v) is 4.67. The van der Waals surface area contributed by atoms with Crippen molar-refractivity contribution >= 4 is 27.5 Å². The zero-order chi connectivity index (χ0) is 15.5.